The number of ether oxygens (including phenoxy) is 1. The van der Waals surface area contributed by atoms with Crippen LogP contribution in [0.4, 0.5) is 0 Å². The predicted molar refractivity (Wildman–Crippen MR) is 47.0 cm³/mol. The summed E-state index contributed by atoms with van der Waals surface area (Å²) < 4.78 is 4.78. The van der Waals surface area contributed by atoms with Crippen molar-refractivity contribution in [3.8, 4) is 0 Å². The fraction of sp³-hybridized carbons (Fsp3) is 0.750. The highest BCUT2D eigenvalue weighted by molar-refractivity contribution is 9.09. The van der Waals surface area contributed by atoms with Crippen LogP contribution in [-0.4, -0.2) is 23.7 Å². The fourth-order valence-electron chi connectivity index (χ4n) is 1.16. The second-order valence-electron chi connectivity index (χ2n) is 2.80. The third-order valence-electron chi connectivity index (χ3n) is 1.93. The van der Waals surface area contributed by atoms with E-state index in [9.17, 15) is 9.59 Å². The molecule has 0 aromatic rings. The van der Waals surface area contributed by atoms with Gasteiger partial charge in [0.2, 0.25) is 0 Å². The van der Waals surface area contributed by atoms with Gasteiger partial charge in [-0.1, -0.05) is 15.9 Å². The Morgan fingerprint density at radius 2 is 2.17 bits per heavy atom. The lowest BCUT2D eigenvalue weighted by atomic mass is 10.2. The standard InChI is InChI=1S/C8H11BrO3/c1-2-12-8(11)6-3-5(6)7(10)4-9/h5-6H,2-4H2,1H3. The number of carbonyl (C=O) groups is 2. The molecular formula is C8H11BrO3. The van der Waals surface area contributed by atoms with Crippen molar-refractivity contribution in [1.82, 2.24) is 0 Å². The van der Waals surface area contributed by atoms with Crippen molar-refractivity contribution in [2.75, 3.05) is 11.9 Å². The number of rotatable bonds is 4. The van der Waals surface area contributed by atoms with Gasteiger partial charge in [0.15, 0.2) is 0 Å². The Hall–Kier alpha value is -0.380. The summed E-state index contributed by atoms with van der Waals surface area (Å²) in [4.78, 5) is 22.1. The molecule has 0 aromatic heterocycles. The second-order valence-corrected chi connectivity index (χ2v) is 3.36. The van der Waals surface area contributed by atoms with E-state index in [1.807, 2.05) is 0 Å². The minimum absolute atomic E-state index is 0.0802. The molecule has 0 N–H and O–H groups in total. The summed E-state index contributed by atoms with van der Waals surface area (Å²) in [5.41, 5.74) is 0. The summed E-state index contributed by atoms with van der Waals surface area (Å²) in [6, 6.07) is 0. The number of ketones is 1. The predicted octanol–water partition coefficient (Wildman–Crippen LogP) is 1.15. The number of carbonyl (C=O) groups excluding carboxylic acids is 2. The SMILES string of the molecule is CCOC(=O)C1CC1C(=O)CBr. The molecule has 0 heterocycles. The monoisotopic (exact) mass is 234 g/mol. The van der Waals surface area contributed by atoms with Crippen LogP contribution < -0.4 is 0 Å². The van der Waals surface area contributed by atoms with Crippen molar-refractivity contribution in [2.45, 2.75) is 13.3 Å². The van der Waals surface area contributed by atoms with Crippen molar-refractivity contribution in [3.63, 3.8) is 0 Å². The summed E-state index contributed by atoms with van der Waals surface area (Å²) >= 11 is 3.07. The summed E-state index contributed by atoms with van der Waals surface area (Å²) in [5, 5.41) is 0.341. The van der Waals surface area contributed by atoms with Crippen LogP contribution in [0, 0.1) is 11.8 Å². The van der Waals surface area contributed by atoms with E-state index >= 15 is 0 Å². The van der Waals surface area contributed by atoms with E-state index in [0.29, 0.717) is 18.4 Å². The first-order valence-corrected chi connectivity index (χ1v) is 5.08. The van der Waals surface area contributed by atoms with E-state index in [4.69, 9.17) is 4.74 Å². The molecule has 0 bridgehead atoms. The first kappa shape index (κ1) is 9.71. The maximum absolute atomic E-state index is 11.0. The smallest absolute Gasteiger partial charge is 0.309 e. The van der Waals surface area contributed by atoms with E-state index in [-0.39, 0.29) is 23.6 Å². The van der Waals surface area contributed by atoms with Crippen LogP contribution in [0.1, 0.15) is 13.3 Å². The average Bonchev–Trinajstić information content (AvgIpc) is 2.82. The van der Waals surface area contributed by atoms with E-state index in [0.717, 1.165) is 0 Å². The summed E-state index contributed by atoms with van der Waals surface area (Å²) in [6.07, 6.45) is 0.670. The van der Waals surface area contributed by atoms with E-state index < -0.39 is 0 Å². The lowest BCUT2D eigenvalue weighted by molar-refractivity contribution is -0.145. The highest BCUT2D eigenvalue weighted by Crippen LogP contribution is 2.40. The van der Waals surface area contributed by atoms with Crippen molar-refractivity contribution < 1.29 is 14.3 Å². The van der Waals surface area contributed by atoms with Crippen molar-refractivity contribution in [3.05, 3.63) is 0 Å². The summed E-state index contributed by atoms with van der Waals surface area (Å²) in [5.74, 6) is -0.358. The highest BCUT2D eigenvalue weighted by atomic mass is 79.9. The second kappa shape index (κ2) is 4.03. The Morgan fingerprint density at radius 1 is 1.50 bits per heavy atom. The highest BCUT2D eigenvalue weighted by Gasteiger charge is 2.48. The summed E-state index contributed by atoms with van der Waals surface area (Å²) in [6.45, 7) is 2.16. The van der Waals surface area contributed by atoms with Crippen LogP contribution in [0.3, 0.4) is 0 Å². The lowest BCUT2D eigenvalue weighted by Gasteiger charge is -1.98. The van der Waals surface area contributed by atoms with Gasteiger partial charge in [0, 0.05) is 5.92 Å². The van der Waals surface area contributed by atoms with Gasteiger partial charge in [-0.3, -0.25) is 9.59 Å². The molecule has 0 radical (unpaired) electrons. The molecule has 1 aliphatic rings. The van der Waals surface area contributed by atoms with Gasteiger partial charge in [0.05, 0.1) is 17.9 Å². The Balaban J connectivity index is 2.32. The molecule has 1 rings (SSSR count). The quantitative estimate of drug-likeness (QED) is 0.542. The molecule has 1 aliphatic carbocycles. The lowest BCUT2D eigenvalue weighted by Crippen LogP contribution is -2.12. The van der Waals surface area contributed by atoms with Gasteiger partial charge in [-0.05, 0) is 13.3 Å². The first-order valence-electron chi connectivity index (χ1n) is 3.96. The maximum atomic E-state index is 11.0. The minimum atomic E-state index is -0.225. The number of Topliss-reactive ketones (excluding diaryl/α,β-unsaturated/α-hetero) is 1. The molecule has 3 nitrogen and oxygen atoms in total. The van der Waals surface area contributed by atoms with Gasteiger partial charge >= 0.3 is 5.97 Å². The average molecular weight is 235 g/mol. The van der Waals surface area contributed by atoms with Gasteiger partial charge in [-0.25, -0.2) is 0 Å². The van der Waals surface area contributed by atoms with Crippen LogP contribution in [0.25, 0.3) is 0 Å². The normalized spacial score (nSPS) is 26.5. The molecule has 0 amide bonds. The molecule has 0 spiro atoms. The van der Waals surface area contributed by atoms with Gasteiger partial charge < -0.3 is 4.74 Å². The Labute approximate surface area is 79.6 Å². The molecule has 12 heavy (non-hydrogen) atoms. The minimum Gasteiger partial charge on any atom is -0.466 e. The molecule has 68 valence electrons. The topological polar surface area (TPSA) is 43.4 Å². The van der Waals surface area contributed by atoms with Gasteiger partial charge in [-0.15, -0.1) is 0 Å². The van der Waals surface area contributed by atoms with Crippen molar-refractivity contribution in [2.24, 2.45) is 11.8 Å². The number of hydrogen-bond donors (Lipinski definition) is 0. The molecule has 0 aliphatic heterocycles. The fourth-order valence-corrected chi connectivity index (χ4v) is 1.58. The van der Waals surface area contributed by atoms with Crippen LogP contribution in [0.15, 0.2) is 0 Å². The third-order valence-corrected chi connectivity index (χ3v) is 2.48. The van der Waals surface area contributed by atoms with Crippen LogP contribution >= 0.6 is 15.9 Å². The van der Waals surface area contributed by atoms with E-state index in [1.54, 1.807) is 6.92 Å². The number of alkyl halides is 1. The Bertz CT molecular complexity index is 202. The molecule has 4 heteroatoms. The van der Waals surface area contributed by atoms with Gasteiger partial charge in [0.1, 0.15) is 5.78 Å². The molecule has 1 fully saturated rings. The van der Waals surface area contributed by atoms with Crippen LogP contribution in [-0.2, 0) is 14.3 Å². The van der Waals surface area contributed by atoms with E-state index in [1.165, 1.54) is 0 Å². The zero-order valence-corrected chi connectivity index (χ0v) is 8.46. The Morgan fingerprint density at radius 3 is 2.67 bits per heavy atom. The zero-order chi connectivity index (χ0) is 9.14. The zero-order valence-electron chi connectivity index (χ0n) is 6.88. The number of halogens is 1. The van der Waals surface area contributed by atoms with Crippen molar-refractivity contribution >= 4 is 27.7 Å². The molecule has 2 atom stereocenters. The molecule has 1 saturated carbocycles. The van der Waals surface area contributed by atoms with E-state index in [2.05, 4.69) is 15.9 Å². The van der Waals surface area contributed by atoms with Crippen LogP contribution in [0.2, 0.25) is 0 Å². The molecule has 0 saturated heterocycles. The van der Waals surface area contributed by atoms with Gasteiger partial charge in [-0.2, -0.15) is 0 Å². The Kier molecular flexibility index (Phi) is 3.26. The van der Waals surface area contributed by atoms with Crippen molar-refractivity contribution in [1.29, 1.82) is 0 Å². The molecule has 2 unspecified atom stereocenters. The van der Waals surface area contributed by atoms with Crippen LogP contribution in [0.5, 0.6) is 0 Å². The molecular weight excluding hydrogens is 224 g/mol. The number of esters is 1. The third kappa shape index (κ3) is 2.06. The summed E-state index contributed by atoms with van der Waals surface area (Å²) in [7, 11) is 0. The molecule has 0 aromatic carbocycles. The maximum Gasteiger partial charge on any atom is 0.309 e. The first-order chi connectivity index (χ1) is 5.70. The van der Waals surface area contributed by atoms with Gasteiger partial charge in [0.25, 0.3) is 0 Å². The largest absolute Gasteiger partial charge is 0.466 e. The number of hydrogen-bond acceptors (Lipinski definition) is 3.